The van der Waals surface area contributed by atoms with Gasteiger partial charge < -0.3 is 10.2 Å². The van der Waals surface area contributed by atoms with Crippen LogP contribution in [0.25, 0.3) is 0 Å². The molecule has 19 heavy (non-hydrogen) atoms. The highest BCUT2D eigenvalue weighted by atomic mass is 15.1. The monoisotopic (exact) mass is 261 g/mol. The number of hydrogen-bond acceptors (Lipinski definition) is 2. The maximum absolute atomic E-state index is 8.24. The molecule has 0 atom stereocenters. The van der Waals surface area contributed by atoms with E-state index in [1.54, 1.807) is 0 Å². The minimum absolute atomic E-state index is 0.0217. The molecule has 0 amide bonds. The quantitative estimate of drug-likeness (QED) is 0.802. The predicted molar refractivity (Wildman–Crippen MR) is 83.6 cm³/mol. The Morgan fingerprint density at radius 2 is 2.00 bits per heavy atom. The van der Waals surface area contributed by atoms with Crippen LogP contribution in [0.3, 0.4) is 0 Å². The molecule has 0 aromatic heterocycles. The van der Waals surface area contributed by atoms with Gasteiger partial charge in [0.2, 0.25) is 0 Å². The van der Waals surface area contributed by atoms with Crippen LogP contribution in [0.5, 0.6) is 0 Å². The van der Waals surface area contributed by atoms with Gasteiger partial charge in [0.05, 0.1) is 4.11 Å². The van der Waals surface area contributed by atoms with E-state index in [2.05, 4.69) is 30.6 Å². The summed E-state index contributed by atoms with van der Waals surface area (Å²) in [5.74, 6) is 0. The van der Waals surface area contributed by atoms with Crippen molar-refractivity contribution in [3.05, 3.63) is 41.5 Å². The second-order valence-corrected chi connectivity index (χ2v) is 5.20. The summed E-state index contributed by atoms with van der Waals surface area (Å²) >= 11 is 0. The van der Waals surface area contributed by atoms with Gasteiger partial charge in [-0.3, -0.25) is 0 Å². The third kappa shape index (κ3) is 3.60. The molecular weight excluding hydrogens is 232 g/mol. The van der Waals surface area contributed by atoms with Crippen molar-refractivity contribution in [3.63, 3.8) is 0 Å². The summed E-state index contributed by atoms with van der Waals surface area (Å²) in [7, 11) is 0. The molecule has 2 rings (SSSR count). The average molecular weight is 261 g/mol. The molecule has 1 aliphatic heterocycles. The number of fused-ring (bicyclic) bond motifs is 1. The Morgan fingerprint density at radius 3 is 2.68 bits per heavy atom. The highest BCUT2D eigenvalue weighted by Crippen LogP contribution is 2.30. The molecule has 0 saturated heterocycles. The van der Waals surface area contributed by atoms with Gasteiger partial charge in [-0.2, -0.15) is 0 Å². The molecule has 2 heteroatoms. The van der Waals surface area contributed by atoms with Gasteiger partial charge in [0.1, 0.15) is 0 Å². The lowest BCUT2D eigenvalue weighted by Crippen LogP contribution is -2.27. The van der Waals surface area contributed by atoms with Crippen molar-refractivity contribution in [3.8, 4) is 0 Å². The molecule has 1 heterocycles. The second kappa shape index (κ2) is 6.76. The zero-order chi connectivity index (χ0) is 16.3. The fourth-order valence-corrected chi connectivity index (χ4v) is 2.66. The normalized spacial score (nSPS) is 15.9. The number of hydrogen-bond donors (Lipinski definition) is 1. The lowest BCUT2D eigenvalue weighted by Gasteiger charge is -2.21. The molecule has 0 fully saturated rings. The summed E-state index contributed by atoms with van der Waals surface area (Å²) < 4.78 is 24.3. The van der Waals surface area contributed by atoms with Crippen molar-refractivity contribution in [1.82, 2.24) is 4.90 Å². The fraction of sp³-hybridized carbons (Fsp3) is 0.529. The zero-order valence-corrected chi connectivity index (χ0v) is 12.1. The Bertz CT molecular complexity index is 564. The van der Waals surface area contributed by atoms with Crippen molar-refractivity contribution in [2.75, 3.05) is 25.0 Å². The van der Waals surface area contributed by atoms with Gasteiger partial charge in [0.25, 0.3) is 0 Å². The Balaban J connectivity index is 2.26. The van der Waals surface area contributed by atoms with Crippen molar-refractivity contribution in [2.24, 2.45) is 0 Å². The Morgan fingerprint density at radius 1 is 1.26 bits per heavy atom. The van der Waals surface area contributed by atoms with Crippen molar-refractivity contribution in [1.29, 1.82) is 0 Å². The first-order valence-corrected chi connectivity index (χ1v) is 7.28. The first kappa shape index (κ1) is 10.5. The van der Waals surface area contributed by atoms with Gasteiger partial charge in [-0.1, -0.05) is 32.5 Å². The van der Waals surface area contributed by atoms with E-state index in [-0.39, 0.29) is 18.1 Å². The van der Waals surface area contributed by atoms with Crippen LogP contribution in [-0.4, -0.2) is 24.5 Å². The first-order valence-electron chi connectivity index (χ1n) is 8.78. The van der Waals surface area contributed by atoms with Crippen LogP contribution in [0.1, 0.15) is 41.9 Å². The van der Waals surface area contributed by atoms with Crippen molar-refractivity contribution >= 4 is 5.69 Å². The van der Waals surface area contributed by atoms with Crippen LogP contribution in [0.2, 0.25) is 0 Å². The van der Waals surface area contributed by atoms with Crippen LogP contribution in [0, 0.1) is 0 Å². The van der Waals surface area contributed by atoms with Crippen LogP contribution < -0.4 is 5.32 Å². The van der Waals surface area contributed by atoms with Crippen LogP contribution in [0.4, 0.5) is 5.69 Å². The number of rotatable bonds is 7. The van der Waals surface area contributed by atoms with E-state index in [9.17, 15) is 0 Å². The molecule has 1 N–H and O–H groups in total. The van der Waals surface area contributed by atoms with Gasteiger partial charge in [0.15, 0.2) is 0 Å². The third-order valence-electron chi connectivity index (χ3n) is 3.52. The molecule has 0 bridgehead atoms. The molecule has 0 spiro atoms. The third-order valence-corrected chi connectivity index (χ3v) is 3.52. The lowest BCUT2D eigenvalue weighted by atomic mass is 10.0. The summed E-state index contributed by atoms with van der Waals surface area (Å²) in [6, 6.07) is 0.364. The first-order chi connectivity index (χ1) is 10.5. The number of allylic oxidation sites excluding steroid dienone is 1. The number of anilines is 1. The lowest BCUT2D eigenvalue weighted by molar-refractivity contribution is 0.278. The average Bonchev–Trinajstić information content (AvgIpc) is 2.87. The highest BCUT2D eigenvalue weighted by Gasteiger charge is 2.16. The summed E-state index contributed by atoms with van der Waals surface area (Å²) in [5.41, 5.74) is 3.47. The Kier molecular flexibility index (Phi) is 3.74. The Labute approximate surface area is 121 Å². The molecule has 0 aliphatic carbocycles. The highest BCUT2D eigenvalue weighted by molar-refractivity contribution is 5.64. The van der Waals surface area contributed by atoms with E-state index in [1.165, 1.54) is 0 Å². The summed E-state index contributed by atoms with van der Waals surface area (Å²) in [4.78, 5) is 2.42. The van der Waals surface area contributed by atoms with Crippen LogP contribution in [0.15, 0.2) is 30.4 Å². The molecule has 1 aliphatic rings. The van der Waals surface area contributed by atoms with E-state index in [4.69, 9.17) is 4.11 Å². The molecule has 0 unspecified atom stereocenters. The Hall–Kier alpha value is -1.28. The summed E-state index contributed by atoms with van der Waals surface area (Å²) in [6.45, 7) is 11.3. The molecule has 2 nitrogen and oxygen atoms in total. The SMILES string of the molecule is [2H]c1c([2H])c(CCN(CCC)CCC)c2c(c1[2H])NC(=C)C2. The number of nitrogens with zero attached hydrogens (tertiary/aromatic N) is 1. The van der Waals surface area contributed by atoms with E-state index in [0.717, 1.165) is 55.7 Å². The minimum atomic E-state index is 0.0217. The largest absolute Gasteiger partial charge is 0.359 e. The number of nitrogens with one attached hydrogen (secondary N) is 1. The van der Waals surface area contributed by atoms with E-state index >= 15 is 0 Å². The zero-order valence-electron chi connectivity index (χ0n) is 15.1. The smallest absolute Gasteiger partial charge is 0.0645 e. The molecule has 0 radical (unpaired) electrons. The maximum Gasteiger partial charge on any atom is 0.0645 e. The topological polar surface area (TPSA) is 15.3 Å². The maximum atomic E-state index is 8.24. The van der Waals surface area contributed by atoms with E-state index < -0.39 is 0 Å². The molecule has 1 aromatic carbocycles. The van der Waals surface area contributed by atoms with Gasteiger partial charge in [0, 0.05) is 24.4 Å². The standard InChI is InChI=1S/C17H26N2/c1-4-10-19(11-5-2)12-9-15-7-6-8-17-16(15)13-14(3)18-17/h6-8,18H,3-5,9-13H2,1-2H3/i6D,7D,8D. The fourth-order valence-electron chi connectivity index (χ4n) is 2.66. The number of benzene rings is 1. The summed E-state index contributed by atoms with van der Waals surface area (Å²) in [6.07, 6.45) is 3.69. The van der Waals surface area contributed by atoms with Crippen LogP contribution in [-0.2, 0) is 12.8 Å². The predicted octanol–water partition coefficient (Wildman–Crippen LogP) is 3.83. The van der Waals surface area contributed by atoms with Gasteiger partial charge in [-0.15, -0.1) is 0 Å². The summed E-state index contributed by atoms with van der Waals surface area (Å²) in [5, 5.41) is 3.11. The van der Waals surface area contributed by atoms with E-state index in [0.29, 0.717) is 12.1 Å². The second-order valence-electron chi connectivity index (χ2n) is 5.20. The minimum Gasteiger partial charge on any atom is -0.359 e. The molecule has 1 aromatic rings. The molecule has 104 valence electrons. The van der Waals surface area contributed by atoms with Gasteiger partial charge in [-0.25, -0.2) is 0 Å². The molecular formula is C17H26N2. The van der Waals surface area contributed by atoms with Gasteiger partial charge in [-0.05, 0) is 49.5 Å². The van der Waals surface area contributed by atoms with E-state index in [1.807, 2.05) is 0 Å². The molecule has 0 saturated carbocycles. The van der Waals surface area contributed by atoms with Crippen molar-refractivity contribution in [2.45, 2.75) is 39.5 Å². The van der Waals surface area contributed by atoms with Crippen LogP contribution >= 0.6 is 0 Å². The van der Waals surface area contributed by atoms with Gasteiger partial charge >= 0.3 is 0 Å². The van der Waals surface area contributed by atoms with Crippen molar-refractivity contribution < 1.29 is 4.11 Å².